The van der Waals surface area contributed by atoms with Crippen molar-refractivity contribution in [3.8, 4) is 0 Å². The Balaban J connectivity index is 2.14. The fourth-order valence-corrected chi connectivity index (χ4v) is 1.73. The molecule has 1 heterocycles. The third-order valence-electron chi connectivity index (χ3n) is 2.75. The number of hydrogen-bond donors (Lipinski definition) is 0. The molecule has 0 saturated carbocycles. The Labute approximate surface area is 99.5 Å². The van der Waals surface area contributed by atoms with Crippen molar-refractivity contribution >= 4 is 11.9 Å². The second-order valence-corrected chi connectivity index (χ2v) is 4.17. The first-order valence-corrected chi connectivity index (χ1v) is 5.53. The number of aryl methyl sites for hydroxylation is 2. The Bertz CT molecular complexity index is 464. The number of rotatable bonds is 2. The molecule has 2 rings (SSSR count). The smallest absolute Gasteiger partial charge is 0.347 e. The molecule has 0 aliphatic carbocycles. The molecule has 4 nitrogen and oxygen atoms in total. The molecule has 0 aromatic heterocycles. The summed E-state index contributed by atoms with van der Waals surface area (Å²) < 4.78 is 9.87. The van der Waals surface area contributed by atoms with E-state index in [-0.39, 0.29) is 0 Å². The second-order valence-electron chi connectivity index (χ2n) is 4.17. The molecule has 1 aliphatic rings. The molecular weight excluding hydrogens is 220 g/mol. The van der Waals surface area contributed by atoms with E-state index in [1.165, 1.54) is 0 Å². The van der Waals surface area contributed by atoms with Gasteiger partial charge in [-0.1, -0.05) is 17.7 Å². The van der Waals surface area contributed by atoms with Gasteiger partial charge in [-0.2, -0.15) is 0 Å². The van der Waals surface area contributed by atoms with Crippen molar-refractivity contribution in [2.24, 2.45) is 0 Å². The average molecular weight is 234 g/mol. The van der Waals surface area contributed by atoms with Crippen molar-refractivity contribution in [3.05, 3.63) is 34.9 Å². The standard InChI is InChI=1S/C13H14O4/c1-8-3-4-9(2)10(7-8)12(14)17-11-5-6-16-13(11)15/h3-4,7,11H,5-6H2,1-2H3. The van der Waals surface area contributed by atoms with Crippen LogP contribution in [0.3, 0.4) is 0 Å². The van der Waals surface area contributed by atoms with E-state index >= 15 is 0 Å². The summed E-state index contributed by atoms with van der Waals surface area (Å²) in [4.78, 5) is 23.1. The maximum atomic E-state index is 11.9. The lowest BCUT2D eigenvalue weighted by atomic mass is 10.1. The summed E-state index contributed by atoms with van der Waals surface area (Å²) >= 11 is 0. The van der Waals surface area contributed by atoms with Crippen LogP contribution in [0.4, 0.5) is 0 Å². The number of carbonyl (C=O) groups excluding carboxylic acids is 2. The summed E-state index contributed by atoms with van der Waals surface area (Å²) in [5, 5.41) is 0. The quantitative estimate of drug-likeness (QED) is 0.732. The lowest BCUT2D eigenvalue weighted by Crippen LogP contribution is -2.23. The average Bonchev–Trinajstić information content (AvgIpc) is 2.68. The van der Waals surface area contributed by atoms with Gasteiger partial charge in [0.15, 0.2) is 0 Å². The number of cyclic esters (lactones) is 1. The van der Waals surface area contributed by atoms with Crippen LogP contribution >= 0.6 is 0 Å². The van der Waals surface area contributed by atoms with E-state index in [9.17, 15) is 9.59 Å². The molecule has 1 aromatic carbocycles. The fraction of sp³-hybridized carbons (Fsp3) is 0.385. The van der Waals surface area contributed by atoms with Crippen LogP contribution in [0.1, 0.15) is 27.9 Å². The maximum Gasteiger partial charge on any atom is 0.347 e. The molecule has 4 heteroatoms. The Kier molecular flexibility index (Phi) is 3.13. The number of esters is 2. The normalized spacial score (nSPS) is 18.9. The van der Waals surface area contributed by atoms with E-state index in [2.05, 4.69) is 0 Å². The zero-order valence-electron chi connectivity index (χ0n) is 9.86. The van der Waals surface area contributed by atoms with Gasteiger partial charge in [0.2, 0.25) is 6.10 Å². The molecule has 1 atom stereocenters. The molecule has 1 aromatic rings. The monoisotopic (exact) mass is 234 g/mol. The van der Waals surface area contributed by atoms with Gasteiger partial charge in [-0.15, -0.1) is 0 Å². The first-order valence-electron chi connectivity index (χ1n) is 5.53. The highest BCUT2D eigenvalue weighted by Crippen LogP contribution is 2.16. The van der Waals surface area contributed by atoms with Gasteiger partial charge >= 0.3 is 11.9 Å². The summed E-state index contributed by atoms with van der Waals surface area (Å²) in [7, 11) is 0. The molecule has 1 fully saturated rings. The number of carbonyl (C=O) groups is 2. The van der Waals surface area contributed by atoms with E-state index in [1.54, 1.807) is 6.07 Å². The van der Waals surface area contributed by atoms with Gasteiger partial charge in [0.25, 0.3) is 0 Å². The third-order valence-corrected chi connectivity index (χ3v) is 2.75. The van der Waals surface area contributed by atoms with Gasteiger partial charge in [-0.05, 0) is 25.5 Å². The van der Waals surface area contributed by atoms with Crippen molar-refractivity contribution in [2.45, 2.75) is 26.4 Å². The van der Waals surface area contributed by atoms with Crippen LogP contribution in [0.5, 0.6) is 0 Å². The fourth-order valence-electron chi connectivity index (χ4n) is 1.73. The highest BCUT2D eigenvalue weighted by molar-refractivity contribution is 5.93. The SMILES string of the molecule is Cc1ccc(C)c(C(=O)OC2CCOC2=O)c1. The lowest BCUT2D eigenvalue weighted by molar-refractivity contribution is -0.145. The van der Waals surface area contributed by atoms with Crippen LogP contribution in [0.2, 0.25) is 0 Å². The first kappa shape index (κ1) is 11.6. The summed E-state index contributed by atoms with van der Waals surface area (Å²) in [6, 6.07) is 5.55. The number of hydrogen-bond acceptors (Lipinski definition) is 4. The highest BCUT2D eigenvalue weighted by atomic mass is 16.6. The minimum Gasteiger partial charge on any atom is -0.463 e. The largest absolute Gasteiger partial charge is 0.463 e. The second kappa shape index (κ2) is 4.57. The van der Waals surface area contributed by atoms with E-state index < -0.39 is 18.0 Å². The van der Waals surface area contributed by atoms with Gasteiger partial charge in [0.05, 0.1) is 12.2 Å². The zero-order valence-corrected chi connectivity index (χ0v) is 9.86. The van der Waals surface area contributed by atoms with Crippen molar-refractivity contribution in [3.63, 3.8) is 0 Å². The van der Waals surface area contributed by atoms with E-state index in [0.717, 1.165) is 11.1 Å². The summed E-state index contributed by atoms with van der Waals surface area (Å²) in [6.45, 7) is 4.06. The van der Waals surface area contributed by atoms with Crippen molar-refractivity contribution in [1.29, 1.82) is 0 Å². The first-order chi connectivity index (χ1) is 8.08. The molecule has 1 unspecified atom stereocenters. The molecule has 0 spiro atoms. The molecule has 0 N–H and O–H groups in total. The zero-order chi connectivity index (χ0) is 12.4. The Morgan fingerprint density at radius 3 is 2.82 bits per heavy atom. The number of benzene rings is 1. The van der Waals surface area contributed by atoms with Crippen molar-refractivity contribution < 1.29 is 19.1 Å². The van der Waals surface area contributed by atoms with Gasteiger partial charge in [0, 0.05) is 6.42 Å². The molecule has 0 bridgehead atoms. The lowest BCUT2D eigenvalue weighted by Gasteiger charge is -2.10. The summed E-state index contributed by atoms with van der Waals surface area (Å²) in [5.41, 5.74) is 2.33. The van der Waals surface area contributed by atoms with Crippen molar-refractivity contribution in [1.82, 2.24) is 0 Å². The molecule has 1 aliphatic heterocycles. The van der Waals surface area contributed by atoms with Crippen LogP contribution in [-0.4, -0.2) is 24.6 Å². The van der Waals surface area contributed by atoms with Crippen LogP contribution in [0, 0.1) is 13.8 Å². The molecule has 0 amide bonds. The van der Waals surface area contributed by atoms with E-state index in [4.69, 9.17) is 9.47 Å². The molecular formula is C13H14O4. The van der Waals surface area contributed by atoms with Gasteiger partial charge in [-0.25, -0.2) is 9.59 Å². The Morgan fingerprint density at radius 1 is 1.41 bits per heavy atom. The van der Waals surface area contributed by atoms with Gasteiger partial charge < -0.3 is 9.47 Å². The molecule has 0 radical (unpaired) electrons. The van der Waals surface area contributed by atoms with Crippen molar-refractivity contribution in [2.75, 3.05) is 6.61 Å². The van der Waals surface area contributed by atoms with Gasteiger partial charge in [-0.3, -0.25) is 0 Å². The molecule has 1 saturated heterocycles. The Hall–Kier alpha value is -1.84. The summed E-state index contributed by atoms with van der Waals surface area (Å²) in [5.74, 6) is -0.918. The minimum absolute atomic E-state index is 0.323. The maximum absolute atomic E-state index is 11.9. The number of ether oxygens (including phenoxy) is 2. The summed E-state index contributed by atoms with van der Waals surface area (Å²) in [6.07, 6.45) is -0.308. The minimum atomic E-state index is -0.748. The van der Waals surface area contributed by atoms with Gasteiger partial charge in [0.1, 0.15) is 0 Å². The highest BCUT2D eigenvalue weighted by Gasteiger charge is 2.30. The van der Waals surface area contributed by atoms with E-state index in [0.29, 0.717) is 18.6 Å². The predicted molar refractivity (Wildman–Crippen MR) is 60.7 cm³/mol. The molecule has 90 valence electrons. The van der Waals surface area contributed by atoms with E-state index in [1.807, 2.05) is 26.0 Å². The third kappa shape index (κ3) is 2.46. The molecule has 17 heavy (non-hydrogen) atoms. The van der Waals surface area contributed by atoms with Crippen LogP contribution in [0.25, 0.3) is 0 Å². The van der Waals surface area contributed by atoms with Crippen LogP contribution in [0.15, 0.2) is 18.2 Å². The van der Waals surface area contributed by atoms with Crippen LogP contribution < -0.4 is 0 Å². The predicted octanol–water partition coefficient (Wildman–Crippen LogP) is 1.78. The Morgan fingerprint density at radius 2 is 2.18 bits per heavy atom. The topological polar surface area (TPSA) is 52.6 Å². The van der Waals surface area contributed by atoms with Crippen LogP contribution in [-0.2, 0) is 14.3 Å².